The van der Waals surface area contributed by atoms with Crippen LogP contribution in [0.4, 0.5) is 0 Å². The molecule has 12 nitrogen and oxygen atoms in total. The first kappa shape index (κ1) is 30.4. The maximum atomic E-state index is 13.2. The van der Waals surface area contributed by atoms with Gasteiger partial charge in [0.25, 0.3) is 11.8 Å². The van der Waals surface area contributed by atoms with E-state index in [1.165, 1.54) is 0 Å². The number of nitrogens with one attached hydrogen (secondary N) is 1. The molecule has 1 saturated heterocycles. The van der Waals surface area contributed by atoms with Crippen LogP contribution in [0.5, 0.6) is 0 Å². The zero-order chi connectivity index (χ0) is 32.0. The summed E-state index contributed by atoms with van der Waals surface area (Å²) >= 11 is 0. The molecule has 3 aromatic rings. The first-order valence-corrected chi connectivity index (χ1v) is 15.4. The standard InChI is InChI=1S/C33H39N9O3/c1-39(2)30(44)22-8-10-26-20(14-22)6-7-21-15-23(31(45)40(3)4)9-11-27(21)33(26,32-36-37-38-41(32)5)12-13-35-19-29(43)42-25(18-34)16-24-17-28(24)42/h8-11,14-15,24-25,28,35H,6-7,12-13,16-17,19H2,1-5H3/t24-,25+,28+/m1/s1. The van der Waals surface area contributed by atoms with Crippen molar-refractivity contribution < 1.29 is 14.4 Å². The van der Waals surface area contributed by atoms with Crippen LogP contribution in [0.25, 0.3) is 0 Å². The van der Waals surface area contributed by atoms with Crippen molar-refractivity contribution in [2.45, 2.75) is 49.6 Å². The lowest BCUT2D eigenvalue weighted by atomic mass is 9.69. The maximum absolute atomic E-state index is 13.2. The molecule has 0 unspecified atom stereocenters. The van der Waals surface area contributed by atoms with Gasteiger partial charge in [-0.2, -0.15) is 5.26 Å². The van der Waals surface area contributed by atoms with Gasteiger partial charge in [-0.25, -0.2) is 4.68 Å². The van der Waals surface area contributed by atoms with Crippen molar-refractivity contribution in [3.63, 3.8) is 0 Å². The molecule has 1 aromatic heterocycles. The quantitative estimate of drug-likeness (QED) is 0.380. The lowest BCUT2D eigenvalue weighted by Gasteiger charge is -2.35. The van der Waals surface area contributed by atoms with E-state index in [-0.39, 0.29) is 36.3 Å². The van der Waals surface area contributed by atoms with Crippen molar-refractivity contribution in [3.8, 4) is 6.07 Å². The van der Waals surface area contributed by atoms with Gasteiger partial charge in [-0.3, -0.25) is 14.4 Å². The summed E-state index contributed by atoms with van der Waals surface area (Å²) in [7, 11) is 8.76. The van der Waals surface area contributed by atoms with Gasteiger partial charge in [0.15, 0.2) is 5.82 Å². The molecule has 234 valence electrons. The third-order valence-corrected chi connectivity index (χ3v) is 9.60. The number of benzene rings is 2. The Morgan fingerprint density at radius 3 is 2.09 bits per heavy atom. The summed E-state index contributed by atoms with van der Waals surface area (Å²) in [5, 5.41) is 25.7. The van der Waals surface area contributed by atoms with E-state index in [9.17, 15) is 19.6 Å². The number of piperidine rings is 1. The van der Waals surface area contributed by atoms with E-state index in [0.717, 1.165) is 35.1 Å². The smallest absolute Gasteiger partial charge is 0.253 e. The van der Waals surface area contributed by atoms with Gasteiger partial charge in [0.2, 0.25) is 5.91 Å². The molecule has 3 amide bonds. The summed E-state index contributed by atoms with van der Waals surface area (Å²) < 4.78 is 1.68. The molecular formula is C33H39N9O3. The Bertz CT molecular complexity index is 1630. The van der Waals surface area contributed by atoms with Gasteiger partial charge in [0.1, 0.15) is 6.04 Å². The van der Waals surface area contributed by atoms with E-state index in [1.54, 1.807) is 47.6 Å². The maximum Gasteiger partial charge on any atom is 0.253 e. The number of rotatable bonds is 8. The van der Waals surface area contributed by atoms with Crippen LogP contribution in [-0.4, -0.2) is 106 Å². The highest BCUT2D eigenvalue weighted by atomic mass is 16.2. The number of aryl methyl sites for hydroxylation is 3. The second-order valence-electron chi connectivity index (χ2n) is 12.8. The van der Waals surface area contributed by atoms with E-state index in [4.69, 9.17) is 0 Å². The summed E-state index contributed by atoms with van der Waals surface area (Å²) in [6.07, 6.45) is 3.56. The topological polar surface area (TPSA) is 140 Å². The molecule has 1 saturated carbocycles. The number of hydrogen-bond acceptors (Lipinski definition) is 8. The normalized spacial score (nSPS) is 20.7. The highest BCUT2D eigenvalue weighted by molar-refractivity contribution is 5.95. The van der Waals surface area contributed by atoms with Crippen LogP contribution in [0.2, 0.25) is 0 Å². The van der Waals surface area contributed by atoms with Gasteiger partial charge in [-0.15, -0.1) is 5.10 Å². The fourth-order valence-corrected chi connectivity index (χ4v) is 7.34. The molecule has 12 heteroatoms. The van der Waals surface area contributed by atoms with E-state index < -0.39 is 5.41 Å². The Hall–Kier alpha value is -4.63. The predicted octanol–water partition coefficient (Wildman–Crippen LogP) is 1.54. The molecule has 0 radical (unpaired) electrons. The van der Waals surface area contributed by atoms with E-state index in [2.05, 4.69) is 26.9 Å². The van der Waals surface area contributed by atoms with Gasteiger partial charge < -0.3 is 20.0 Å². The number of carbonyl (C=O) groups is 3. The van der Waals surface area contributed by atoms with Gasteiger partial charge in [0.05, 0.1) is 18.0 Å². The Kier molecular flexibility index (Phi) is 7.91. The minimum atomic E-state index is -0.848. The van der Waals surface area contributed by atoms with Crippen LogP contribution in [0, 0.1) is 17.2 Å². The van der Waals surface area contributed by atoms with Crippen molar-refractivity contribution in [3.05, 3.63) is 75.6 Å². The number of hydrogen-bond donors (Lipinski definition) is 1. The Morgan fingerprint density at radius 2 is 1.58 bits per heavy atom. The summed E-state index contributed by atoms with van der Waals surface area (Å²) in [6.45, 7) is 0.578. The molecule has 2 fully saturated rings. The zero-order valence-electron chi connectivity index (χ0n) is 26.4. The first-order valence-electron chi connectivity index (χ1n) is 15.4. The van der Waals surface area contributed by atoms with E-state index in [1.807, 2.05) is 43.4 Å². The molecule has 0 bridgehead atoms. The van der Waals surface area contributed by atoms with Gasteiger partial charge in [0, 0.05) is 52.4 Å². The third kappa shape index (κ3) is 5.25. The monoisotopic (exact) mass is 609 g/mol. The lowest BCUT2D eigenvalue weighted by molar-refractivity contribution is -0.131. The number of likely N-dealkylation sites (tertiary alicyclic amines) is 1. The number of aromatic nitrogens is 4. The molecule has 1 N–H and O–H groups in total. The molecule has 1 aliphatic heterocycles. The highest BCUT2D eigenvalue weighted by Crippen LogP contribution is 2.48. The highest BCUT2D eigenvalue weighted by Gasteiger charge is 2.54. The third-order valence-electron chi connectivity index (χ3n) is 9.60. The van der Waals surface area contributed by atoms with Gasteiger partial charge in [-0.1, -0.05) is 12.1 Å². The molecule has 0 spiro atoms. The number of carbonyl (C=O) groups excluding carboxylic acids is 3. The average molecular weight is 610 g/mol. The summed E-state index contributed by atoms with van der Waals surface area (Å²) in [5.41, 5.74) is 4.33. The number of amides is 3. The predicted molar refractivity (Wildman–Crippen MR) is 165 cm³/mol. The number of fused-ring (bicyclic) bond motifs is 3. The molecule has 2 aliphatic carbocycles. The largest absolute Gasteiger partial charge is 0.345 e. The van der Waals surface area contributed by atoms with E-state index in [0.29, 0.717) is 48.7 Å². The summed E-state index contributed by atoms with van der Waals surface area (Å²) in [6, 6.07) is 13.8. The van der Waals surface area contributed by atoms with Crippen molar-refractivity contribution in [1.29, 1.82) is 5.26 Å². The fraction of sp³-hybridized carbons (Fsp3) is 0.485. The summed E-state index contributed by atoms with van der Waals surface area (Å²) in [5.74, 6) is 0.863. The SMILES string of the molecule is CN(C)C(=O)c1ccc2c(c1)CCc1cc(C(=O)N(C)C)ccc1C2(CCNCC(=O)N1[C@H](C#N)C[C@@H]2C[C@@H]21)c1nnnn1C. The molecule has 6 rings (SSSR count). The van der Waals surface area contributed by atoms with E-state index >= 15 is 0 Å². The molecule has 3 aliphatic rings. The number of nitriles is 1. The zero-order valence-corrected chi connectivity index (χ0v) is 26.4. The summed E-state index contributed by atoms with van der Waals surface area (Å²) in [4.78, 5) is 44.1. The van der Waals surface area contributed by atoms with Crippen LogP contribution < -0.4 is 5.32 Å². The van der Waals surface area contributed by atoms with Crippen molar-refractivity contribution in [2.75, 3.05) is 41.3 Å². The Labute approximate surface area is 263 Å². The second-order valence-corrected chi connectivity index (χ2v) is 12.8. The average Bonchev–Trinajstić information content (AvgIpc) is 3.53. The molecular weight excluding hydrogens is 570 g/mol. The minimum Gasteiger partial charge on any atom is -0.345 e. The van der Waals surface area contributed by atoms with Crippen LogP contribution in [0.3, 0.4) is 0 Å². The fourth-order valence-electron chi connectivity index (χ4n) is 7.34. The van der Waals surface area contributed by atoms with Crippen LogP contribution >= 0.6 is 0 Å². The second kappa shape index (κ2) is 11.7. The number of nitrogens with zero attached hydrogens (tertiary/aromatic N) is 8. The lowest BCUT2D eigenvalue weighted by Crippen LogP contribution is -2.44. The first-order chi connectivity index (χ1) is 21.6. The molecule has 3 atom stereocenters. The Morgan fingerprint density at radius 1 is 0.978 bits per heavy atom. The van der Waals surface area contributed by atoms with Crippen molar-refractivity contribution >= 4 is 17.7 Å². The Balaban J connectivity index is 1.41. The minimum absolute atomic E-state index is 0.0544. The van der Waals surface area contributed by atoms with Crippen molar-refractivity contribution in [1.82, 2.24) is 40.2 Å². The van der Waals surface area contributed by atoms with Crippen LogP contribution in [0.1, 0.15) is 68.1 Å². The van der Waals surface area contributed by atoms with Crippen LogP contribution in [-0.2, 0) is 30.1 Å². The van der Waals surface area contributed by atoms with Gasteiger partial charge >= 0.3 is 0 Å². The number of tetrazole rings is 1. The van der Waals surface area contributed by atoms with Crippen molar-refractivity contribution in [2.24, 2.45) is 13.0 Å². The molecule has 45 heavy (non-hydrogen) atoms. The molecule has 2 aromatic carbocycles. The van der Waals surface area contributed by atoms with Crippen LogP contribution in [0.15, 0.2) is 36.4 Å². The van der Waals surface area contributed by atoms with Gasteiger partial charge in [-0.05, 0) is 102 Å². The molecule has 2 heterocycles.